The van der Waals surface area contributed by atoms with E-state index in [1.54, 1.807) is 6.26 Å². The van der Waals surface area contributed by atoms with Crippen LogP contribution in [0.3, 0.4) is 0 Å². The van der Waals surface area contributed by atoms with Crippen molar-refractivity contribution >= 4 is 54.6 Å². The molecule has 2 unspecified atom stereocenters. The minimum Gasteiger partial charge on any atom is -0.472 e. The molecule has 0 aliphatic heterocycles. The third-order valence-electron chi connectivity index (χ3n) is 11.2. The molecule has 0 amide bonds. The molecule has 0 saturated carbocycles. The van der Waals surface area contributed by atoms with E-state index in [0.29, 0.717) is 0 Å². The topological polar surface area (TPSA) is 26.3 Å². The molecule has 2 aliphatic rings. The van der Waals surface area contributed by atoms with Crippen LogP contribution in [-0.2, 0) is 0 Å². The lowest BCUT2D eigenvalue weighted by molar-refractivity contribution is 0.565. The summed E-state index contributed by atoms with van der Waals surface area (Å²) in [6.45, 7) is 0. The molecule has 0 saturated heterocycles. The van der Waals surface area contributed by atoms with Gasteiger partial charge in [-0.15, -0.1) is 0 Å². The minimum atomic E-state index is 0.153. The Balaban J connectivity index is 1.17. The zero-order valence-corrected chi connectivity index (χ0v) is 28.3. The SMILES string of the molecule is C1=CC2C(c3ccoc3)=c3ccccc3=C(c3cccc4c3oc3cc(-c5c6ccccc6c(-c6ccccc6)c6ccccc56)ccc34)C2C=C1. The summed E-state index contributed by atoms with van der Waals surface area (Å²) in [6, 6.07) is 52.7. The molecule has 2 heteroatoms. The fraction of sp³-hybridized carbons (Fsp3) is 0.0400. The average molecular weight is 665 g/mol. The van der Waals surface area contributed by atoms with Gasteiger partial charge in [-0.3, -0.25) is 0 Å². The molecule has 0 spiro atoms. The van der Waals surface area contributed by atoms with Crippen molar-refractivity contribution in [2.24, 2.45) is 11.8 Å². The van der Waals surface area contributed by atoms with Crippen molar-refractivity contribution in [3.8, 4) is 22.3 Å². The number of para-hydroxylation sites is 1. The van der Waals surface area contributed by atoms with E-state index in [0.717, 1.165) is 38.6 Å². The van der Waals surface area contributed by atoms with Crippen LogP contribution in [0.25, 0.3) is 76.9 Å². The van der Waals surface area contributed by atoms with Crippen molar-refractivity contribution < 1.29 is 8.83 Å². The highest BCUT2D eigenvalue weighted by Gasteiger charge is 2.33. The van der Waals surface area contributed by atoms with Crippen molar-refractivity contribution in [3.63, 3.8) is 0 Å². The number of hydrogen-bond donors (Lipinski definition) is 0. The molecule has 2 aromatic heterocycles. The van der Waals surface area contributed by atoms with Crippen molar-refractivity contribution in [3.05, 3.63) is 204 Å². The van der Waals surface area contributed by atoms with Crippen LogP contribution in [0.15, 0.2) is 191 Å². The summed E-state index contributed by atoms with van der Waals surface area (Å²) < 4.78 is 12.6. The van der Waals surface area contributed by atoms with Gasteiger partial charge in [0, 0.05) is 33.7 Å². The summed E-state index contributed by atoms with van der Waals surface area (Å²) in [6.07, 6.45) is 12.7. The van der Waals surface area contributed by atoms with Crippen molar-refractivity contribution in [1.82, 2.24) is 0 Å². The Kier molecular flexibility index (Phi) is 6.41. The van der Waals surface area contributed by atoms with Gasteiger partial charge in [0.05, 0.1) is 12.5 Å². The quantitative estimate of drug-likeness (QED) is 0.175. The zero-order valence-electron chi connectivity index (χ0n) is 28.3. The molecular formula is C50H32O2. The zero-order chi connectivity index (χ0) is 34.2. The molecule has 0 bridgehead atoms. The second kappa shape index (κ2) is 11.4. The first kappa shape index (κ1) is 29.1. The number of rotatable bonds is 4. The standard InChI is InChI=1S/C50H32O2/c1-2-13-31(14-3-1)46-35-15-4-6-17-37(35)47(38-18-7-5-16-36(38)46)32-25-26-34-43-23-12-24-44(50(43)52-45(34)29-32)49-41-21-10-8-19-39(41)48(33-27-28-51-30-33)40-20-9-11-22-42(40)49/h1-30,39,41H. The molecule has 7 aromatic carbocycles. The molecule has 9 aromatic rings. The fourth-order valence-corrected chi connectivity index (χ4v) is 9.08. The first-order chi connectivity index (χ1) is 25.8. The third-order valence-corrected chi connectivity index (χ3v) is 11.2. The smallest absolute Gasteiger partial charge is 0.142 e. The maximum Gasteiger partial charge on any atom is 0.142 e. The Bertz CT molecular complexity index is 3010. The maximum atomic E-state index is 7.03. The average Bonchev–Trinajstić information content (AvgIpc) is 3.88. The van der Waals surface area contributed by atoms with Crippen LogP contribution in [0.2, 0.25) is 0 Å². The summed E-state index contributed by atoms with van der Waals surface area (Å²) in [7, 11) is 0. The van der Waals surface area contributed by atoms with Gasteiger partial charge in [0.1, 0.15) is 11.2 Å². The van der Waals surface area contributed by atoms with Crippen LogP contribution < -0.4 is 10.4 Å². The third kappa shape index (κ3) is 4.25. The number of allylic oxidation sites excluding steroid dienone is 4. The van der Waals surface area contributed by atoms with Crippen LogP contribution >= 0.6 is 0 Å². The molecule has 2 nitrogen and oxygen atoms in total. The Morgan fingerprint density at radius 3 is 1.69 bits per heavy atom. The Hall–Kier alpha value is -6.64. The summed E-state index contributed by atoms with van der Waals surface area (Å²) in [4.78, 5) is 0. The first-order valence-corrected chi connectivity index (χ1v) is 18.0. The number of fused-ring (bicyclic) bond motifs is 7. The lowest BCUT2D eigenvalue weighted by Crippen LogP contribution is -2.40. The van der Waals surface area contributed by atoms with E-state index in [2.05, 4.69) is 170 Å². The van der Waals surface area contributed by atoms with Gasteiger partial charge in [-0.25, -0.2) is 0 Å². The van der Waals surface area contributed by atoms with Gasteiger partial charge in [-0.2, -0.15) is 0 Å². The van der Waals surface area contributed by atoms with Crippen LogP contribution in [0, 0.1) is 11.8 Å². The van der Waals surface area contributed by atoms with Crippen LogP contribution in [0.1, 0.15) is 11.1 Å². The maximum absolute atomic E-state index is 7.03. The minimum absolute atomic E-state index is 0.153. The van der Waals surface area contributed by atoms with E-state index < -0.39 is 0 Å². The largest absolute Gasteiger partial charge is 0.472 e. The number of furan rings is 2. The highest BCUT2D eigenvalue weighted by atomic mass is 16.3. The fourth-order valence-electron chi connectivity index (χ4n) is 9.08. The number of hydrogen-bond acceptors (Lipinski definition) is 2. The second-order valence-electron chi connectivity index (χ2n) is 13.9. The Labute approximate surface area is 300 Å². The van der Waals surface area contributed by atoms with E-state index in [1.165, 1.54) is 59.8 Å². The molecule has 244 valence electrons. The summed E-state index contributed by atoms with van der Waals surface area (Å²) in [5.41, 5.74) is 11.6. The van der Waals surface area contributed by atoms with Gasteiger partial charge in [0.25, 0.3) is 0 Å². The molecule has 2 heterocycles. The lowest BCUT2D eigenvalue weighted by Gasteiger charge is -2.32. The Morgan fingerprint density at radius 2 is 1.02 bits per heavy atom. The molecule has 52 heavy (non-hydrogen) atoms. The van der Waals surface area contributed by atoms with Gasteiger partial charge in [-0.1, -0.05) is 152 Å². The van der Waals surface area contributed by atoms with Gasteiger partial charge in [-0.05, 0) is 83.6 Å². The van der Waals surface area contributed by atoms with Crippen LogP contribution in [0.5, 0.6) is 0 Å². The predicted molar refractivity (Wildman–Crippen MR) is 214 cm³/mol. The van der Waals surface area contributed by atoms with Gasteiger partial charge < -0.3 is 8.83 Å². The molecule has 0 N–H and O–H groups in total. The van der Waals surface area contributed by atoms with Crippen LogP contribution in [-0.4, -0.2) is 0 Å². The summed E-state index contributed by atoms with van der Waals surface area (Å²) >= 11 is 0. The highest BCUT2D eigenvalue weighted by Crippen LogP contribution is 2.46. The van der Waals surface area contributed by atoms with Crippen molar-refractivity contribution in [1.29, 1.82) is 0 Å². The highest BCUT2D eigenvalue weighted by molar-refractivity contribution is 6.22. The Morgan fingerprint density at radius 1 is 0.423 bits per heavy atom. The van der Waals surface area contributed by atoms with E-state index >= 15 is 0 Å². The van der Waals surface area contributed by atoms with E-state index in [4.69, 9.17) is 8.83 Å². The summed E-state index contributed by atoms with van der Waals surface area (Å²) in [5.74, 6) is 0.333. The van der Waals surface area contributed by atoms with Gasteiger partial charge in [0.2, 0.25) is 0 Å². The number of benzene rings is 7. The first-order valence-electron chi connectivity index (χ1n) is 18.0. The molecule has 2 atom stereocenters. The monoisotopic (exact) mass is 664 g/mol. The summed E-state index contributed by atoms with van der Waals surface area (Å²) in [5, 5.41) is 9.71. The van der Waals surface area contributed by atoms with Crippen LogP contribution in [0.4, 0.5) is 0 Å². The van der Waals surface area contributed by atoms with Gasteiger partial charge in [0.15, 0.2) is 0 Å². The molecular weight excluding hydrogens is 633 g/mol. The van der Waals surface area contributed by atoms with E-state index in [1.807, 2.05) is 6.26 Å². The van der Waals surface area contributed by atoms with Crippen molar-refractivity contribution in [2.45, 2.75) is 0 Å². The van der Waals surface area contributed by atoms with Gasteiger partial charge >= 0.3 is 0 Å². The normalized spacial score (nSPS) is 16.6. The lowest BCUT2D eigenvalue weighted by atomic mass is 9.70. The molecule has 0 fully saturated rings. The molecule has 11 rings (SSSR count). The van der Waals surface area contributed by atoms with Crippen molar-refractivity contribution in [2.75, 3.05) is 0 Å². The van der Waals surface area contributed by atoms with E-state index in [-0.39, 0.29) is 11.8 Å². The molecule has 0 radical (unpaired) electrons. The second-order valence-corrected chi connectivity index (χ2v) is 13.9. The van der Waals surface area contributed by atoms with E-state index in [9.17, 15) is 0 Å². The predicted octanol–water partition coefficient (Wildman–Crippen LogP) is 11.6. The molecule has 2 aliphatic carbocycles.